The molecule has 98 valence electrons. The molecule has 0 bridgehead atoms. The molecule has 0 aliphatic carbocycles. The smallest absolute Gasteiger partial charge is 0.239 e. The summed E-state index contributed by atoms with van der Waals surface area (Å²) in [5.74, 6) is -0.230. The number of hydrazone groups is 1. The molecule has 0 unspecified atom stereocenters. The molecule has 0 heterocycles. The molecule has 0 aromatic carbocycles. The molecule has 0 atom stereocenters. The van der Waals surface area contributed by atoms with E-state index < -0.39 is 0 Å². The first-order chi connectivity index (χ1) is 7.74. The maximum atomic E-state index is 11.5. The van der Waals surface area contributed by atoms with Gasteiger partial charge in [0.1, 0.15) is 0 Å². The molecule has 5 heteroatoms. The lowest BCUT2D eigenvalue weighted by Gasteiger charge is -2.18. The molecule has 0 radical (unpaired) electrons. The Morgan fingerprint density at radius 2 is 1.76 bits per heavy atom. The van der Waals surface area contributed by atoms with Crippen LogP contribution in [0.5, 0.6) is 0 Å². The molecule has 0 aromatic rings. The van der Waals surface area contributed by atoms with Crippen LogP contribution in [0.3, 0.4) is 0 Å². The summed E-state index contributed by atoms with van der Waals surface area (Å²) >= 11 is 0. The normalized spacial score (nSPS) is 12.2. The fourth-order valence-corrected chi connectivity index (χ4v) is 0.935. The standard InChI is InChI=1S/C12H23N3O2/c1-6-10(16)15-14-9(2)7-11(17)13-8-12(3,4)5/h6-8H2,1-5H3,(H,13,17)(H,15,16)/b14-9+. The molecular weight excluding hydrogens is 218 g/mol. The van der Waals surface area contributed by atoms with E-state index in [1.54, 1.807) is 13.8 Å². The van der Waals surface area contributed by atoms with Gasteiger partial charge in [0, 0.05) is 18.7 Å². The summed E-state index contributed by atoms with van der Waals surface area (Å²) < 4.78 is 0. The van der Waals surface area contributed by atoms with Crippen molar-refractivity contribution < 1.29 is 9.59 Å². The molecule has 5 nitrogen and oxygen atoms in total. The van der Waals surface area contributed by atoms with Gasteiger partial charge in [-0.1, -0.05) is 27.7 Å². The van der Waals surface area contributed by atoms with E-state index in [4.69, 9.17) is 0 Å². The van der Waals surface area contributed by atoms with E-state index >= 15 is 0 Å². The average molecular weight is 241 g/mol. The Bertz CT molecular complexity index is 303. The Hall–Kier alpha value is -1.39. The number of hydrogen-bond acceptors (Lipinski definition) is 3. The van der Waals surface area contributed by atoms with E-state index in [9.17, 15) is 9.59 Å². The molecule has 0 aromatic heterocycles. The Kier molecular flexibility index (Phi) is 6.46. The van der Waals surface area contributed by atoms with E-state index in [-0.39, 0.29) is 23.7 Å². The SMILES string of the molecule is CCC(=O)N/N=C(\C)CC(=O)NCC(C)(C)C. The van der Waals surface area contributed by atoms with Crippen LogP contribution in [-0.4, -0.2) is 24.1 Å². The van der Waals surface area contributed by atoms with Crippen LogP contribution in [0.1, 0.15) is 47.5 Å². The highest BCUT2D eigenvalue weighted by atomic mass is 16.2. The molecule has 2 amide bonds. The zero-order valence-electron chi connectivity index (χ0n) is 11.4. The van der Waals surface area contributed by atoms with Crippen LogP contribution in [0, 0.1) is 5.41 Å². The summed E-state index contributed by atoms with van der Waals surface area (Å²) in [6, 6.07) is 0. The van der Waals surface area contributed by atoms with Gasteiger partial charge in [0.05, 0.1) is 6.42 Å². The highest BCUT2D eigenvalue weighted by Gasteiger charge is 2.12. The summed E-state index contributed by atoms with van der Waals surface area (Å²) in [4.78, 5) is 22.5. The van der Waals surface area contributed by atoms with Crippen molar-refractivity contribution in [3.05, 3.63) is 0 Å². The van der Waals surface area contributed by atoms with Crippen molar-refractivity contribution in [1.29, 1.82) is 0 Å². The second-order valence-corrected chi connectivity index (χ2v) is 5.25. The van der Waals surface area contributed by atoms with Crippen LogP contribution in [0.4, 0.5) is 0 Å². The van der Waals surface area contributed by atoms with Gasteiger partial charge >= 0.3 is 0 Å². The number of amides is 2. The maximum Gasteiger partial charge on any atom is 0.239 e. The Morgan fingerprint density at radius 3 is 2.24 bits per heavy atom. The van der Waals surface area contributed by atoms with Crippen molar-refractivity contribution in [3.8, 4) is 0 Å². The summed E-state index contributed by atoms with van der Waals surface area (Å²) in [7, 11) is 0. The van der Waals surface area contributed by atoms with Crippen molar-refractivity contribution in [1.82, 2.24) is 10.7 Å². The van der Waals surface area contributed by atoms with Crippen LogP contribution < -0.4 is 10.7 Å². The van der Waals surface area contributed by atoms with E-state index in [1.165, 1.54) is 0 Å². The van der Waals surface area contributed by atoms with Gasteiger partial charge in [-0.25, -0.2) is 5.43 Å². The van der Waals surface area contributed by atoms with Gasteiger partial charge < -0.3 is 5.32 Å². The molecule has 0 fully saturated rings. The van der Waals surface area contributed by atoms with Crippen molar-refractivity contribution in [2.24, 2.45) is 10.5 Å². The molecule has 17 heavy (non-hydrogen) atoms. The number of carbonyl (C=O) groups excluding carboxylic acids is 2. The summed E-state index contributed by atoms with van der Waals surface area (Å²) in [5.41, 5.74) is 3.04. The maximum absolute atomic E-state index is 11.5. The number of rotatable bonds is 5. The lowest BCUT2D eigenvalue weighted by Crippen LogP contribution is -2.33. The second-order valence-electron chi connectivity index (χ2n) is 5.25. The minimum absolute atomic E-state index is 0.0666. The molecule has 2 N–H and O–H groups in total. The third-order valence-electron chi connectivity index (χ3n) is 1.92. The summed E-state index contributed by atoms with van der Waals surface area (Å²) in [5, 5.41) is 6.66. The monoisotopic (exact) mass is 241 g/mol. The Morgan fingerprint density at radius 1 is 1.18 bits per heavy atom. The molecule has 0 saturated heterocycles. The first-order valence-corrected chi connectivity index (χ1v) is 5.83. The summed E-state index contributed by atoms with van der Waals surface area (Å²) in [6.07, 6.45) is 0.590. The zero-order valence-corrected chi connectivity index (χ0v) is 11.4. The predicted octanol–water partition coefficient (Wildman–Crippen LogP) is 1.44. The van der Waals surface area contributed by atoms with Gasteiger partial charge in [-0.3, -0.25) is 9.59 Å². The van der Waals surface area contributed by atoms with Gasteiger partial charge in [0.2, 0.25) is 11.8 Å². The van der Waals surface area contributed by atoms with Gasteiger partial charge in [0.25, 0.3) is 0 Å². The van der Waals surface area contributed by atoms with Gasteiger partial charge in [-0.15, -0.1) is 0 Å². The molecule has 0 rings (SSSR count). The second kappa shape index (κ2) is 7.04. The Labute approximate surface area is 103 Å². The number of nitrogens with one attached hydrogen (secondary N) is 2. The minimum Gasteiger partial charge on any atom is -0.355 e. The topological polar surface area (TPSA) is 70.6 Å². The zero-order chi connectivity index (χ0) is 13.5. The van der Waals surface area contributed by atoms with Gasteiger partial charge in [-0.05, 0) is 12.3 Å². The number of carbonyl (C=O) groups is 2. The minimum atomic E-state index is -0.153. The lowest BCUT2D eigenvalue weighted by atomic mass is 9.97. The molecule has 0 spiro atoms. The van der Waals surface area contributed by atoms with Crippen LogP contribution in [-0.2, 0) is 9.59 Å². The quantitative estimate of drug-likeness (QED) is 0.565. The van der Waals surface area contributed by atoms with Crippen molar-refractivity contribution >= 4 is 17.5 Å². The first kappa shape index (κ1) is 15.6. The van der Waals surface area contributed by atoms with E-state index in [2.05, 4.69) is 36.6 Å². The van der Waals surface area contributed by atoms with Crippen molar-refractivity contribution in [3.63, 3.8) is 0 Å². The van der Waals surface area contributed by atoms with E-state index in [0.29, 0.717) is 18.7 Å². The Balaban J connectivity index is 3.99. The summed E-state index contributed by atoms with van der Waals surface area (Å²) in [6.45, 7) is 10.2. The number of nitrogens with zero attached hydrogens (tertiary/aromatic N) is 1. The fraction of sp³-hybridized carbons (Fsp3) is 0.750. The highest BCUT2D eigenvalue weighted by Crippen LogP contribution is 2.10. The largest absolute Gasteiger partial charge is 0.355 e. The number of hydrogen-bond donors (Lipinski definition) is 2. The lowest BCUT2D eigenvalue weighted by molar-refractivity contribution is -0.121. The fourth-order valence-electron chi connectivity index (χ4n) is 0.935. The van der Waals surface area contributed by atoms with Crippen LogP contribution in [0.15, 0.2) is 5.10 Å². The van der Waals surface area contributed by atoms with Crippen LogP contribution >= 0.6 is 0 Å². The van der Waals surface area contributed by atoms with E-state index in [1.807, 2.05) is 0 Å². The predicted molar refractivity (Wildman–Crippen MR) is 68.6 cm³/mol. The first-order valence-electron chi connectivity index (χ1n) is 5.83. The molecule has 0 saturated carbocycles. The van der Waals surface area contributed by atoms with Crippen LogP contribution in [0.2, 0.25) is 0 Å². The third kappa shape index (κ3) is 9.53. The van der Waals surface area contributed by atoms with Gasteiger partial charge in [-0.2, -0.15) is 5.10 Å². The van der Waals surface area contributed by atoms with Gasteiger partial charge in [0.15, 0.2) is 0 Å². The van der Waals surface area contributed by atoms with Crippen LogP contribution in [0.25, 0.3) is 0 Å². The molecule has 0 aliphatic rings. The third-order valence-corrected chi connectivity index (χ3v) is 1.92. The van der Waals surface area contributed by atoms with E-state index in [0.717, 1.165) is 0 Å². The average Bonchev–Trinajstić information content (AvgIpc) is 2.22. The molecular formula is C12H23N3O2. The molecule has 0 aliphatic heterocycles. The van der Waals surface area contributed by atoms with Crippen molar-refractivity contribution in [2.75, 3.05) is 6.54 Å². The van der Waals surface area contributed by atoms with Crippen molar-refractivity contribution in [2.45, 2.75) is 47.5 Å². The highest BCUT2D eigenvalue weighted by molar-refractivity contribution is 6.00.